The number of pyridine rings is 2. The number of hydrogen-bond donors (Lipinski definition) is 0. The number of halogens is 16. The third-order valence-corrected chi connectivity index (χ3v) is 16.5. The van der Waals surface area contributed by atoms with E-state index >= 15 is 0 Å². The van der Waals surface area contributed by atoms with Crippen molar-refractivity contribution in [2.45, 2.75) is 18.8 Å². The first-order valence-electron chi connectivity index (χ1n) is 21.6. The minimum atomic E-state index is -0.877. The lowest BCUT2D eigenvalue weighted by atomic mass is 9.85. The monoisotopic (exact) mass is 1290 g/mol. The molecule has 0 amide bonds. The van der Waals surface area contributed by atoms with Gasteiger partial charge in [0.1, 0.15) is 10.3 Å². The fourth-order valence-electron chi connectivity index (χ4n) is 8.69. The smallest absolute Gasteiger partial charge is 0.135 e. The van der Waals surface area contributed by atoms with Gasteiger partial charge in [0.15, 0.2) is 0 Å². The summed E-state index contributed by atoms with van der Waals surface area (Å²) < 4.78 is 0. The van der Waals surface area contributed by atoms with Crippen LogP contribution in [0.15, 0.2) is 133 Å². The molecule has 0 saturated carbocycles. The normalized spacial score (nSPS) is 11.6. The molecule has 0 aliphatic heterocycles. The van der Waals surface area contributed by atoms with Gasteiger partial charge in [-0.2, -0.15) is 0 Å². The molecule has 0 aliphatic rings. The third-order valence-electron chi connectivity index (χ3n) is 12.0. The maximum absolute atomic E-state index is 7.18. The van der Waals surface area contributed by atoms with E-state index in [0.717, 1.165) is 33.8 Å². The maximum Gasteiger partial charge on any atom is 0.135 e. The Bertz CT molecular complexity index is 3190. The molecule has 0 bridgehead atoms. The Labute approximate surface area is 506 Å². The molecule has 7 aromatic carbocycles. The molecule has 74 heavy (non-hydrogen) atoms. The molecular formula is C55H27Cl16N3. The highest BCUT2D eigenvalue weighted by atomic mass is 35.5. The van der Waals surface area contributed by atoms with Gasteiger partial charge in [0.2, 0.25) is 0 Å². The highest BCUT2D eigenvalue weighted by Gasteiger charge is 2.34. The van der Waals surface area contributed by atoms with Gasteiger partial charge in [-0.25, -0.2) is 9.97 Å². The SMILES string of the molecule is Cc1ccc(N(c2ccc(-c3cc(Cl)c(C(c4c(Cl)cc(Cl)cc4Cl)c4c(Cl)cc(Cl)cc4Cl)c(Cl)n3)cc2)c2ccc(-c3cc(Cl)c(C(c4c(Cl)cc(Cl)cc4Cl)c4c(Cl)cc(Cl)cc4Cl)c(Cl)n3)cc2)cc1. The first-order chi connectivity index (χ1) is 35.2. The summed E-state index contributed by atoms with van der Waals surface area (Å²) in [7, 11) is 0. The Hall–Kier alpha value is -2.72. The van der Waals surface area contributed by atoms with Crippen LogP contribution < -0.4 is 4.90 Å². The predicted molar refractivity (Wildman–Crippen MR) is 320 cm³/mol. The van der Waals surface area contributed by atoms with Crippen molar-refractivity contribution in [3.05, 3.63) is 253 Å². The van der Waals surface area contributed by atoms with E-state index in [1.54, 1.807) is 60.7 Å². The van der Waals surface area contributed by atoms with Crippen molar-refractivity contribution in [1.82, 2.24) is 9.97 Å². The molecule has 2 aromatic heterocycles. The van der Waals surface area contributed by atoms with Gasteiger partial charge in [-0.15, -0.1) is 0 Å². The summed E-state index contributed by atoms with van der Waals surface area (Å²) in [4.78, 5) is 11.8. The third kappa shape index (κ3) is 11.5. The number of aromatic nitrogens is 2. The quantitative estimate of drug-likeness (QED) is 0.121. The molecule has 0 radical (unpaired) electrons. The van der Waals surface area contributed by atoms with Gasteiger partial charge in [-0.05, 0) is 104 Å². The van der Waals surface area contributed by atoms with Gasteiger partial charge >= 0.3 is 0 Å². The maximum atomic E-state index is 7.18. The van der Waals surface area contributed by atoms with E-state index < -0.39 is 11.8 Å². The van der Waals surface area contributed by atoms with Crippen molar-refractivity contribution in [1.29, 1.82) is 0 Å². The number of aryl methyl sites for hydroxylation is 1. The number of anilines is 3. The van der Waals surface area contributed by atoms with Crippen LogP contribution in [0.25, 0.3) is 22.5 Å². The molecule has 0 fully saturated rings. The zero-order chi connectivity index (χ0) is 53.0. The highest BCUT2D eigenvalue weighted by molar-refractivity contribution is 6.44. The van der Waals surface area contributed by atoms with Crippen molar-refractivity contribution >= 4 is 203 Å². The van der Waals surface area contributed by atoms with Crippen LogP contribution in [0.3, 0.4) is 0 Å². The Kier molecular flexibility index (Phi) is 17.6. The second-order valence-electron chi connectivity index (χ2n) is 16.7. The Morgan fingerprint density at radius 2 is 0.527 bits per heavy atom. The molecule has 2 heterocycles. The lowest BCUT2D eigenvalue weighted by Crippen LogP contribution is -2.10. The van der Waals surface area contributed by atoms with Crippen molar-refractivity contribution < 1.29 is 0 Å². The molecule has 0 aliphatic carbocycles. The van der Waals surface area contributed by atoms with E-state index in [0.29, 0.717) is 64.9 Å². The largest absolute Gasteiger partial charge is 0.311 e. The fourth-order valence-corrected chi connectivity index (χ4v) is 14.1. The summed E-state index contributed by atoms with van der Waals surface area (Å²) in [6, 6.07) is 39.6. The number of benzene rings is 7. The van der Waals surface area contributed by atoms with Crippen molar-refractivity contribution in [2.24, 2.45) is 0 Å². The van der Waals surface area contributed by atoms with Crippen LogP contribution in [-0.4, -0.2) is 9.97 Å². The van der Waals surface area contributed by atoms with Crippen molar-refractivity contribution in [3.8, 4) is 22.5 Å². The first kappa shape index (κ1) is 56.0. The van der Waals surface area contributed by atoms with Crippen LogP contribution in [0, 0.1) is 6.92 Å². The molecule has 9 rings (SSSR count). The first-order valence-corrected chi connectivity index (χ1v) is 27.6. The zero-order valence-electron chi connectivity index (χ0n) is 37.2. The molecule has 0 spiro atoms. The van der Waals surface area contributed by atoms with E-state index in [2.05, 4.69) is 4.90 Å². The summed E-state index contributed by atoms with van der Waals surface area (Å²) in [5.74, 6) is -1.75. The molecule has 0 saturated heterocycles. The van der Waals surface area contributed by atoms with Gasteiger partial charge in [0, 0.05) is 144 Å². The number of nitrogens with zero attached hydrogens (tertiary/aromatic N) is 3. The van der Waals surface area contributed by atoms with Gasteiger partial charge in [-0.1, -0.05) is 228 Å². The van der Waals surface area contributed by atoms with Gasteiger partial charge < -0.3 is 4.90 Å². The van der Waals surface area contributed by atoms with E-state index in [1.165, 1.54) is 0 Å². The van der Waals surface area contributed by atoms with Crippen LogP contribution in [0.2, 0.25) is 80.6 Å². The minimum absolute atomic E-state index is 0.0596. The van der Waals surface area contributed by atoms with E-state index in [4.69, 9.17) is 196 Å². The fraction of sp³-hybridized carbons (Fsp3) is 0.0545. The molecule has 19 heteroatoms. The van der Waals surface area contributed by atoms with Crippen LogP contribution in [0.4, 0.5) is 17.1 Å². The number of hydrogen-bond acceptors (Lipinski definition) is 3. The van der Waals surface area contributed by atoms with Crippen LogP contribution in [0.1, 0.15) is 50.8 Å². The zero-order valence-corrected chi connectivity index (χ0v) is 49.3. The average Bonchev–Trinajstić information content (AvgIpc) is 3.30. The van der Waals surface area contributed by atoms with Crippen LogP contribution >= 0.6 is 186 Å². The molecule has 3 nitrogen and oxygen atoms in total. The van der Waals surface area contributed by atoms with E-state index in [9.17, 15) is 0 Å². The van der Waals surface area contributed by atoms with Crippen LogP contribution in [0.5, 0.6) is 0 Å². The number of rotatable bonds is 11. The molecular weight excluding hydrogens is 1270 g/mol. The van der Waals surface area contributed by atoms with E-state index in [-0.39, 0.29) is 60.5 Å². The van der Waals surface area contributed by atoms with Gasteiger partial charge in [0.25, 0.3) is 0 Å². The molecule has 0 atom stereocenters. The van der Waals surface area contributed by atoms with Crippen LogP contribution in [-0.2, 0) is 0 Å². The lowest BCUT2D eigenvalue weighted by Gasteiger charge is -2.26. The summed E-state index contributed by atoms with van der Waals surface area (Å²) in [6.07, 6.45) is 0. The van der Waals surface area contributed by atoms with Crippen molar-refractivity contribution in [2.75, 3.05) is 4.90 Å². The Morgan fingerprint density at radius 1 is 0.297 bits per heavy atom. The molecule has 0 N–H and O–H groups in total. The molecule has 9 aromatic rings. The predicted octanol–water partition coefficient (Wildman–Crippen LogP) is 24.4. The average molecular weight is 1300 g/mol. The minimum Gasteiger partial charge on any atom is -0.311 e. The van der Waals surface area contributed by atoms with Crippen molar-refractivity contribution in [3.63, 3.8) is 0 Å². The van der Waals surface area contributed by atoms with E-state index in [1.807, 2.05) is 79.7 Å². The topological polar surface area (TPSA) is 29.0 Å². The van der Waals surface area contributed by atoms with Gasteiger partial charge in [0.05, 0.1) is 11.4 Å². The molecule has 0 unspecified atom stereocenters. The second kappa shape index (κ2) is 23.3. The second-order valence-corrected chi connectivity index (χ2v) is 23.2. The van der Waals surface area contributed by atoms with Gasteiger partial charge in [-0.3, -0.25) is 0 Å². The lowest BCUT2D eigenvalue weighted by molar-refractivity contribution is 0.966. The molecule has 374 valence electrons. The summed E-state index contributed by atoms with van der Waals surface area (Å²) in [5.41, 5.74) is 8.46. The standard InChI is InChI=1S/C55H27Cl16N3/c1-24-2-8-31(9-3-24)74(32-10-4-25(5-11-32)44-22-42(68)50(54(70)72-44)52(46-34(60)14-27(56)15-35(46)61)47-36(62)16-28(57)17-37(47)63)33-12-6-26(7-13-33)45-23-43(69)51(55(71)73-45)53(48-38(64)18-29(58)19-39(48)65)49-40(66)20-30(59)21-41(49)67/h2-23,52-53H,1H3. The highest BCUT2D eigenvalue weighted by Crippen LogP contribution is 2.53. The summed E-state index contributed by atoms with van der Waals surface area (Å²) >= 11 is 109. The summed E-state index contributed by atoms with van der Waals surface area (Å²) in [5, 5.41) is 3.78. The Balaban J connectivity index is 1.07. The summed E-state index contributed by atoms with van der Waals surface area (Å²) in [6.45, 7) is 2.03. The Morgan fingerprint density at radius 3 is 0.770 bits per heavy atom.